The molecule has 32 heavy (non-hydrogen) atoms. The number of para-hydroxylation sites is 1. The number of aryl methyl sites for hydroxylation is 1. The van der Waals surface area contributed by atoms with Crippen molar-refractivity contribution in [2.24, 2.45) is 0 Å². The number of halogens is 1. The molecule has 5 rings (SSSR count). The number of benzene rings is 2. The van der Waals surface area contributed by atoms with Crippen molar-refractivity contribution in [1.29, 1.82) is 0 Å². The van der Waals surface area contributed by atoms with E-state index in [-0.39, 0.29) is 11.4 Å². The van der Waals surface area contributed by atoms with Gasteiger partial charge in [0.15, 0.2) is 5.69 Å². The first-order valence-corrected chi connectivity index (χ1v) is 11.0. The quantitative estimate of drug-likeness (QED) is 0.634. The first kappa shape index (κ1) is 20.6. The van der Waals surface area contributed by atoms with Crippen LogP contribution in [0, 0.1) is 12.7 Å². The normalized spacial score (nSPS) is 15.9. The van der Waals surface area contributed by atoms with Crippen LogP contribution in [0.3, 0.4) is 0 Å². The van der Waals surface area contributed by atoms with Crippen LogP contribution in [0.5, 0.6) is 0 Å². The number of rotatable bonds is 4. The van der Waals surface area contributed by atoms with E-state index in [1.165, 1.54) is 35.2 Å². The van der Waals surface area contributed by atoms with Gasteiger partial charge in [-0.25, -0.2) is 9.07 Å². The molecule has 3 aromatic rings. The second-order valence-electron chi connectivity index (χ2n) is 8.47. The summed E-state index contributed by atoms with van der Waals surface area (Å²) < 4.78 is 15.7. The minimum Gasteiger partial charge on any atom is -0.306 e. The zero-order valence-corrected chi connectivity index (χ0v) is 18.1. The highest BCUT2D eigenvalue weighted by Crippen LogP contribution is 2.32. The Morgan fingerprint density at radius 2 is 1.78 bits per heavy atom. The Morgan fingerprint density at radius 3 is 2.56 bits per heavy atom. The molecule has 0 aliphatic carbocycles. The van der Waals surface area contributed by atoms with Crippen LogP contribution in [0.2, 0.25) is 0 Å². The minimum absolute atomic E-state index is 0.198. The number of hydrogen-bond acceptors (Lipinski definition) is 4. The molecule has 0 N–H and O–H groups in total. The van der Waals surface area contributed by atoms with E-state index in [2.05, 4.69) is 16.1 Å². The molecule has 2 aromatic carbocycles. The second-order valence-corrected chi connectivity index (χ2v) is 8.47. The number of carbonyl (C=O) groups excluding carboxylic acids is 1. The Morgan fingerprint density at radius 1 is 1.03 bits per heavy atom. The van der Waals surface area contributed by atoms with Gasteiger partial charge < -0.3 is 4.90 Å². The lowest BCUT2D eigenvalue weighted by atomic mass is 10.0. The van der Waals surface area contributed by atoms with E-state index in [9.17, 15) is 14.0 Å². The summed E-state index contributed by atoms with van der Waals surface area (Å²) in [6, 6.07) is 13.5. The Kier molecular flexibility index (Phi) is 5.35. The summed E-state index contributed by atoms with van der Waals surface area (Å²) in [6.45, 7) is 5.27. The van der Waals surface area contributed by atoms with Crippen molar-refractivity contribution in [2.75, 3.05) is 24.5 Å². The lowest BCUT2D eigenvalue weighted by molar-refractivity contribution is 0.0981. The molecule has 0 radical (unpaired) electrons. The van der Waals surface area contributed by atoms with Crippen LogP contribution < -0.4 is 10.3 Å². The maximum Gasteiger partial charge on any atom is 0.282 e. The van der Waals surface area contributed by atoms with Crippen LogP contribution in [0.1, 0.15) is 40.2 Å². The number of hydrogen-bond donors (Lipinski definition) is 0. The first-order valence-electron chi connectivity index (χ1n) is 11.0. The summed E-state index contributed by atoms with van der Waals surface area (Å²) in [5.41, 5.74) is 3.25. The number of anilines is 1. The van der Waals surface area contributed by atoms with E-state index in [1.54, 1.807) is 30.0 Å². The average Bonchev–Trinajstić information content (AvgIpc) is 3.44. The third-order valence-corrected chi connectivity index (χ3v) is 6.35. The minimum atomic E-state index is -0.469. The highest BCUT2D eigenvalue weighted by atomic mass is 19.1. The molecule has 0 spiro atoms. The van der Waals surface area contributed by atoms with Gasteiger partial charge in [0, 0.05) is 30.5 Å². The maximum atomic E-state index is 14.4. The van der Waals surface area contributed by atoms with E-state index in [0.29, 0.717) is 12.2 Å². The molecule has 1 aromatic heterocycles. The van der Waals surface area contributed by atoms with E-state index in [4.69, 9.17) is 0 Å². The van der Waals surface area contributed by atoms with Crippen molar-refractivity contribution in [2.45, 2.75) is 32.7 Å². The molecule has 1 saturated heterocycles. The van der Waals surface area contributed by atoms with Crippen LogP contribution in [0.4, 0.5) is 10.1 Å². The fraction of sp³-hybridized carbons (Fsp3) is 0.320. The monoisotopic (exact) mass is 432 g/mol. The van der Waals surface area contributed by atoms with Crippen molar-refractivity contribution in [3.63, 3.8) is 0 Å². The average molecular weight is 432 g/mol. The number of likely N-dealkylation sites (tertiary alicyclic amines) is 1. The molecule has 0 atom stereocenters. The summed E-state index contributed by atoms with van der Waals surface area (Å²) in [7, 11) is 0. The highest BCUT2D eigenvalue weighted by molar-refractivity contribution is 6.06. The van der Waals surface area contributed by atoms with E-state index in [0.717, 1.165) is 37.3 Å². The second kappa shape index (κ2) is 8.31. The lowest BCUT2D eigenvalue weighted by Gasteiger charge is -2.20. The predicted molar refractivity (Wildman–Crippen MR) is 121 cm³/mol. The smallest absolute Gasteiger partial charge is 0.282 e. The number of carbonyl (C=O) groups is 1. The molecular weight excluding hydrogens is 407 g/mol. The molecular formula is C25H25FN4O2. The number of aromatic nitrogens is 2. The van der Waals surface area contributed by atoms with Gasteiger partial charge in [0.25, 0.3) is 5.91 Å². The largest absolute Gasteiger partial charge is 0.306 e. The van der Waals surface area contributed by atoms with Gasteiger partial charge in [-0.05, 0) is 68.6 Å². The van der Waals surface area contributed by atoms with E-state index >= 15 is 0 Å². The van der Waals surface area contributed by atoms with Crippen LogP contribution >= 0.6 is 0 Å². The molecule has 1 fully saturated rings. The van der Waals surface area contributed by atoms with Gasteiger partial charge in [0.1, 0.15) is 11.5 Å². The van der Waals surface area contributed by atoms with Crippen molar-refractivity contribution in [1.82, 2.24) is 14.7 Å². The summed E-state index contributed by atoms with van der Waals surface area (Å²) >= 11 is 0. The summed E-state index contributed by atoms with van der Waals surface area (Å²) in [5.74, 6) is -0.916. The Bertz CT molecular complexity index is 1250. The first-order chi connectivity index (χ1) is 15.5. The third kappa shape index (κ3) is 3.62. The number of nitrogens with zero attached hydrogens (tertiary/aromatic N) is 4. The predicted octanol–water partition coefficient (Wildman–Crippen LogP) is 3.48. The van der Waals surface area contributed by atoms with Crippen molar-refractivity contribution >= 4 is 11.6 Å². The SMILES string of the molecule is Cc1cc(=O)c(C(=O)N2CCc3c(CN4CCCC4)cccc32)nn1-c1ccccc1F. The molecule has 0 bridgehead atoms. The Labute approximate surface area is 185 Å². The highest BCUT2D eigenvalue weighted by Gasteiger charge is 2.30. The Balaban J connectivity index is 1.50. The molecule has 1 amide bonds. The van der Waals surface area contributed by atoms with Gasteiger partial charge in [-0.2, -0.15) is 5.10 Å². The molecule has 3 heterocycles. The number of amides is 1. The lowest BCUT2D eigenvalue weighted by Crippen LogP contribution is -2.35. The van der Waals surface area contributed by atoms with Gasteiger partial charge in [0.05, 0.1) is 0 Å². The van der Waals surface area contributed by atoms with Crippen LogP contribution in [-0.4, -0.2) is 40.2 Å². The maximum absolute atomic E-state index is 14.4. The van der Waals surface area contributed by atoms with Crippen LogP contribution in [-0.2, 0) is 13.0 Å². The standard InChI is InChI=1S/C25H25FN4O2/c1-17-15-23(31)24(27-30(17)22-9-3-2-8-20(22)26)25(32)29-14-11-19-18(7-6-10-21(19)29)16-28-12-4-5-13-28/h2-3,6-10,15H,4-5,11-14,16H2,1H3. The van der Waals surface area contributed by atoms with Crippen LogP contribution in [0.15, 0.2) is 53.3 Å². The zero-order valence-electron chi connectivity index (χ0n) is 18.1. The zero-order chi connectivity index (χ0) is 22.2. The van der Waals surface area contributed by atoms with Gasteiger partial charge in [0.2, 0.25) is 5.43 Å². The summed E-state index contributed by atoms with van der Waals surface area (Å²) in [6.07, 6.45) is 3.21. The molecule has 2 aliphatic rings. The molecule has 6 nitrogen and oxygen atoms in total. The Hall–Kier alpha value is -3.32. The number of fused-ring (bicyclic) bond motifs is 1. The van der Waals surface area contributed by atoms with Gasteiger partial charge >= 0.3 is 0 Å². The van der Waals surface area contributed by atoms with E-state index in [1.807, 2.05) is 12.1 Å². The van der Waals surface area contributed by atoms with Crippen molar-refractivity contribution in [3.05, 3.63) is 87.1 Å². The molecule has 0 unspecified atom stereocenters. The van der Waals surface area contributed by atoms with Crippen molar-refractivity contribution < 1.29 is 9.18 Å². The molecule has 0 saturated carbocycles. The van der Waals surface area contributed by atoms with Gasteiger partial charge in [-0.15, -0.1) is 0 Å². The van der Waals surface area contributed by atoms with Crippen LogP contribution in [0.25, 0.3) is 5.69 Å². The van der Waals surface area contributed by atoms with Gasteiger partial charge in [-0.3, -0.25) is 14.5 Å². The molecule has 2 aliphatic heterocycles. The fourth-order valence-corrected chi connectivity index (χ4v) is 4.74. The summed E-state index contributed by atoms with van der Waals surface area (Å²) in [4.78, 5) is 30.2. The van der Waals surface area contributed by atoms with E-state index < -0.39 is 17.2 Å². The topological polar surface area (TPSA) is 58.4 Å². The molecule has 7 heteroatoms. The van der Waals surface area contributed by atoms with Crippen molar-refractivity contribution in [3.8, 4) is 5.69 Å². The molecule has 164 valence electrons. The third-order valence-electron chi connectivity index (χ3n) is 6.35. The van der Waals surface area contributed by atoms with Gasteiger partial charge in [-0.1, -0.05) is 24.3 Å². The fourth-order valence-electron chi connectivity index (χ4n) is 4.74. The summed E-state index contributed by atoms with van der Waals surface area (Å²) in [5, 5.41) is 4.29.